The first-order valence-corrected chi connectivity index (χ1v) is 6.99. The van der Waals surface area contributed by atoms with E-state index in [9.17, 15) is 4.79 Å². The quantitative estimate of drug-likeness (QED) is 0.793. The fourth-order valence-electron chi connectivity index (χ4n) is 2.04. The molecule has 1 aromatic carbocycles. The van der Waals surface area contributed by atoms with Crippen molar-refractivity contribution >= 4 is 5.91 Å². The lowest BCUT2D eigenvalue weighted by Gasteiger charge is -2.25. The molecule has 0 heterocycles. The third-order valence-electron chi connectivity index (χ3n) is 3.49. The van der Waals surface area contributed by atoms with Crippen LogP contribution >= 0.6 is 0 Å². The van der Waals surface area contributed by atoms with Crippen molar-refractivity contribution in [1.29, 1.82) is 0 Å². The summed E-state index contributed by atoms with van der Waals surface area (Å²) in [5.41, 5.74) is 6.69. The average molecular weight is 262 g/mol. The number of nitrogens with one attached hydrogen (secondary N) is 1. The first-order valence-electron chi connectivity index (χ1n) is 6.99. The highest BCUT2D eigenvalue weighted by Gasteiger charge is 2.20. The monoisotopic (exact) mass is 262 g/mol. The van der Waals surface area contributed by atoms with E-state index in [1.165, 1.54) is 0 Å². The highest BCUT2D eigenvalue weighted by Crippen LogP contribution is 2.21. The van der Waals surface area contributed by atoms with Gasteiger partial charge in [-0.2, -0.15) is 0 Å². The van der Waals surface area contributed by atoms with Gasteiger partial charge in [-0.25, -0.2) is 0 Å². The molecule has 0 spiro atoms. The zero-order valence-corrected chi connectivity index (χ0v) is 12.3. The standard InChI is InChI=1S/C16H26N2O/c1-13(14-8-5-4-6-9-14)15(19)18-12-16(2,3)10-7-11-17/h4-6,8-9,13H,7,10-12,17H2,1-3H3,(H,18,19). The summed E-state index contributed by atoms with van der Waals surface area (Å²) in [6.45, 7) is 7.67. The third kappa shape index (κ3) is 5.43. The molecule has 0 aliphatic rings. The number of hydrogen-bond acceptors (Lipinski definition) is 2. The van der Waals surface area contributed by atoms with Crippen molar-refractivity contribution in [3.05, 3.63) is 35.9 Å². The Morgan fingerprint density at radius 3 is 2.53 bits per heavy atom. The van der Waals surface area contributed by atoms with E-state index in [1.807, 2.05) is 37.3 Å². The molecule has 0 aliphatic heterocycles. The Morgan fingerprint density at radius 2 is 1.95 bits per heavy atom. The van der Waals surface area contributed by atoms with E-state index in [0.29, 0.717) is 13.1 Å². The van der Waals surface area contributed by atoms with Crippen LogP contribution in [0.15, 0.2) is 30.3 Å². The van der Waals surface area contributed by atoms with Gasteiger partial charge in [0.15, 0.2) is 0 Å². The second-order valence-electron chi connectivity index (χ2n) is 5.91. The number of amides is 1. The summed E-state index contributed by atoms with van der Waals surface area (Å²) >= 11 is 0. The topological polar surface area (TPSA) is 55.1 Å². The van der Waals surface area contributed by atoms with Gasteiger partial charge in [-0.1, -0.05) is 44.2 Å². The van der Waals surface area contributed by atoms with Gasteiger partial charge in [-0.15, -0.1) is 0 Å². The van der Waals surface area contributed by atoms with Crippen LogP contribution in [0.2, 0.25) is 0 Å². The van der Waals surface area contributed by atoms with Crippen LogP contribution in [0.3, 0.4) is 0 Å². The number of benzene rings is 1. The van der Waals surface area contributed by atoms with Gasteiger partial charge in [0, 0.05) is 6.54 Å². The Labute approximate surface area is 116 Å². The lowest BCUT2D eigenvalue weighted by molar-refractivity contribution is -0.122. The molecule has 0 saturated carbocycles. The van der Waals surface area contributed by atoms with Crippen LogP contribution in [0, 0.1) is 5.41 Å². The summed E-state index contributed by atoms with van der Waals surface area (Å²) in [5.74, 6) is -0.0152. The normalized spacial score (nSPS) is 13.1. The lowest BCUT2D eigenvalue weighted by Crippen LogP contribution is -2.36. The molecule has 0 aromatic heterocycles. The predicted molar refractivity (Wildman–Crippen MR) is 79.9 cm³/mol. The largest absolute Gasteiger partial charge is 0.355 e. The van der Waals surface area contributed by atoms with Gasteiger partial charge in [0.2, 0.25) is 5.91 Å². The molecule has 0 fully saturated rings. The summed E-state index contributed by atoms with van der Waals surface area (Å²) in [5, 5.41) is 3.05. The van der Waals surface area contributed by atoms with Crippen LogP contribution < -0.4 is 11.1 Å². The molecule has 1 rings (SSSR count). The molecule has 0 radical (unpaired) electrons. The van der Waals surface area contributed by atoms with Crippen LogP contribution in [0.4, 0.5) is 0 Å². The maximum absolute atomic E-state index is 12.1. The molecular weight excluding hydrogens is 236 g/mol. The molecule has 1 atom stereocenters. The first kappa shape index (κ1) is 15.7. The zero-order chi connectivity index (χ0) is 14.3. The molecule has 1 amide bonds. The highest BCUT2D eigenvalue weighted by molar-refractivity contribution is 5.83. The van der Waals surface area contributed by atoms with Crippen molar-refractivity contribution < 1.29 is 4.79 Å². The van der Waals surface area contributed by atoms with E-state index < -0.39 is 0 Å². The maximum atomic E-state index is 12.1. The third-order valence-corrected chi connectivity index (χ3v) is 3.49. The van der Waals surface area contributed by atoms with Crippen LogP contribution in [0.1, 0.15) is 45.1 Å². The smallest absolute Gasteiger partial charge is 0.227 e. The van der Waals surface area contributed by atoms with E-state index in [4.69, 9.17) is 5.73 Å². The Hall–Kier alpha value is -1.35. The van der Waals surface area contributed by atoms with Gasteiger partial charge in [0.05, 0.1) is 5.92 Å². The number of carbonyl (C=O) groups is 1. The first-order chi connectivity index (χ1) is 8.96. The van der Waals surface area contributed by atoms with Gasteiger partial charge in [-0.05, 0) is 37.3 Å². The summed E-state index contributed by atoms with van der Waals surface area (Å²) in [6, 6.07) is 9.87. The highest BCUT2D eigenvalue weighted by atomic mass is 16.1. The Balaban J connectivity index is 2.47. The van der Waals surface area contributed by atoms with Crippen LogP contribution in [0.25, 0.3) is 0 Å². The predicted octanol–water partition coefficient (Wildman–Crippen LogP) is 2.67. The SMILES string of the molecule is CC(C(=O)NCC(C)(C)CCCN)c1ccccc1. The second kappa shape index (κ2) is 7.29. The van der Waals surface area contributed by atoms with Crippen LogP contribution in [-0.4, -0.2) is 19.0 Å². The molecule has 1 aromatic rings. The van der Waals surface area contributed by atoms with Crippen molar-refractivity contribution in [3.8, 4) is 0 Å². The zero-order valence-electron chi connectivity index (χ0n) is 12.3. The van der Waals surface area contributed by atoms with Crippen LogP contribution in [-0.2, 0) is 4.79 Å². The van der Waals surface area contributed by atoms with E-state index in [-0.39, 0.29) is 17.2 Å². The minimum Gasteiger partial charge on any atom is -0.355 e. The molecule has 106 valence electrons. The minimum atomic E-state index is -0.105. The molecule has 0 saturated heterocycles. The summed E-state index contributed by atoms with van der Waals surface area (Å²) < 4.78 is 0. The van der Waals surface area contributed by atoms with Gasteiger partial charge < -0.3 is 11.1 Å². The molecule has 19 heavy (non-hydrogen) atoms. The van der Waals surface area contributed by atoms with Gasteiger partial charge in [0.25, 0.3) is 0 Å². The summed E-state index contributed by atoms with van der Waals surface area (Å²) in [4.78, 5) is 12.1. The van der Waals surface area contributed by atoms with E-state index in [1.54, 1.807) is 0 Å². The average Bonchev–Trinajstić information content (AvgIpc) is 2.43. The van der Waals surface area contributed by atoms with Crippen molar-refractivity contribution in [1.82, 2.24) is 5.32 Å². The fraction of sp³-hybridized carbons (Fsp3) is 0.562. The Bertz CT molecular complexity index is 387. The van der Waals surface area contributed by atoms with E-state index in [0.717, 1.165) is 18.4 Å². The molecule has 1 unspecified atom stereocenters. The Kier molecular flexibility index (Phi) is 6.03. The van der Waals surface area contributed by atoms with Crippen molar-refractivity contribution in [3.63, 3.8) is 0 Å². The van der Waals surface area contributed by atoms with E-state index in [2.05, 4.69) is 19.2 Å². The number of hydrogen-bond donors (Lipinski definition) is 2. The van der Waals surface area contributed by atoms with Crippen molar-refractivity contribution in [2.45, 2.75) is 39.5 Å². The molecule has 3 heteroatoms. The maximum Gasteiger partial charge on any atom is 0.227 e. The molecule has 0 bridgehead atoms. The molecule has 3 nitrogen and oxygen atoms in total. The molecule has 0 aliphatic carbocycles. The summed E-state index contributed by atoms with van der Waals surface area (Å²) in [7, 11) is 0. The molecular formula is C16H26N2O. The van der Waals surface area contributed by atoms with E-state index >= 15 is 0 Å². The number of rotatable bonds is 7. The number of nitrogens with two attached hydrogens (primary N) is 1. The second-order valence-corrected chi connectivity index (χ2v) is 5.91. The fourth-order valence-corrected chi connectivity index (χ4v) is 2.04. The van der Waals surface area contributed by atoms with Crippen molar-refractivity contribution in [2.24, 2.45) is 11.1 Å². The Morgan fingerprint density at radius 1 is 1.32 bits per heavy atom. The minimum absolute atomic E-state index is 0.0898. The lowest BCUT2D eigenvalue weighted by atomic mass is 9.87. The summed E-state index contributed by atoms with van der Waals surface area (Å²) in [6.07, 6.45) is 2.03. The number of carbonyl (C=O) groups excluding carboxylic acids is 1. The molecule has 3 N–H and O–H groups in total. The van der Waals surface area contributed by atoms with Gasteiger partial charge >= 0.3 is 0 Å². The van der Waals surface area contributed by atoms with Gasteiger partial charge in [-0.3, -0.25) is 4.79 Å². The van der Waals surface area contributed by atoms with Crippen LogP contribution in [0.5, 0.6) is 0 Å². The van der Waals surface area contributed by atoms with Gasteiger partial charge in [0.1, 0.15) is 0 Å². The van der Waals surface area contributed by atoms with Crippen molar-refractivity contribution in [2.75, 3.05) is 13.1 Å².